The van der Waals surface area contributed by atoms with Gasteiger partial charge in [-0.25, -0.2) is 4.98 Å². The molecule has 90 valence electrons. The van der Waals surface area contributed by atoms with Crippen LogP contribution in [0, 0.1) is 0 Å². The number of nitrogens with zero attached hydrogens (tertiary/aromatic N) is 3. The average molecular weight is 241 g/mol. The highest BCUT2D eigenvalue weighted by atomic mass is 32.1. The van der Waals surface area contributed by atoms with Crippen molar-refractivity contribution in [3.05, 3.63) is 16.6 Å². The van der Waals surface area contributed by atoms with Gasteiger partial charge in [-0.2, -0.15) is 0 Å². The fourth-order valence-corrected chi connectivity index (χ4v) is 2.54. The Morgan fingerprint density at radius 1 is 1.62 bits per heavy atom. The van der Waals surface area contributed by atoms with Crippen molar-refractivity contribution in [2.45, 2.75) is 12.6 Å². The standard InChI is InChI=1S/C11H19N3OS/c1-13(2)6-11-7-14(3-4-15-11)5-10-8-16-9-12-10/h8-9,11H,3-7H2,1-2H3/t11-/m1/s1. The molecule has 5 heteroatoms. The van der Waals surface area contributed by atoms with Crippen molar-refractivity contribution >= 4 is 11.3 Å². The third-order valence-corrected chi connectivity index (χ3v) is 3.30. The molecule has 4 nitrogen and oxygen atoms in total. The zero-order valence-electron chi connectivity index (χ0n) is 9.93. The lowest BCUT2D eigenvalue weighted by molar-refractivity contribution is -0.0409. The molecule has 0 aliphatic carbocycles. The van der Waals surface area contributed by atoms with Gasteiger partial charge in [0, 0.05) is 31.6 Å². The van der Waals surface area contributed by atoms with Crippen molar-refractivity contribution in [2.75, 3.05) is 40.3 Å². The molecule has 0 saturated carbocycles. The van der Waals surface area contributed by atoms with Crippen molar-refractivity contribution in [2.24, 2.45) is 0 Å². The van der Waals surface area contributed by atoms with Gasteiger partial charge in [-0.05, 0) is 14.1 Å². The number of thiazole rings is 1. The zero-order valence-corrected chi connectivity index (χ0v) is 10.7. The van der Waals surface area contributed by atoms with E-state index in [2.05, 4.69) is 34.3 Å². The van der Waals surface area contributed by atoms with Gasteiger partial charge < -0.3 is 9.64 Å². The minimum Gasteiger partial charge on any atom is -0.374 e. The summed E-state index contributed by atoms with van der Waals surface area (Å²) in [4.78, 5) is 8.92. The first-order chi connectivity index (χ1) is 7.74. The van der Waals surface area contributed by atoms with E-state index in [-0.39, 0.29) is 0 Å². The Bertz CT molecular complexity index is 302. The summed E-state index contributed by atoms with van der Waals surface area (Å²) in [5.41, 5.74) is 3.07. The van der Waals surface area contributed by atoms with Crippen LogP contribution in [0.4, 0.5) is 0 Å². The molecule has 1 atom stereocenters. The molecule has 0 radical (unpaired) electrons. The normalized spacial score (nSPS) is 22.8. The number of aromatic nitrogens is 1. The van der Waals surface area contributed by atoms with Crippen LogP contribution in [0.2, 0.25) is 0 Å². The molecular weight excluding hydrogens is 222 g/mol. The monoisotopic (exact) mass is 241 g/mol. The van der Waals surface area contributed by atoms with Crippen LogP contribution in [-0.2, 0) is 11.3 Å². The van der Waals surface area contributed by atoms with Gasteiger partial charge in [0.05, 0.1) is 23.9 Å². The van der Waals surface area contributed by atoms with Crippen LogP contribution in [0.5, 0.6) is 0 Å². The van der Waals surface area contributed by atoms with E-state index in [1.54, 1.807) is 11.3 Å². The summed E-state index contributed by atoms with van der Waals surface area (Å²) in [7, 11) is 4.17. The van der Waals surface area contributed by atoms with Crippen LogP contribution in [-0.4, -0.2) is 61.2 Å². The predicted octanol–water partition coefficient (Wildman–Crippen LogP) is 0.905. The van der Waals surface area contributed by atoms with Crippen molar-refractivity contribution < 1.29 is 4.74 Å². The first-order valence-electron chi connectivity index (χ1n) is 5.60. The summed E-state index contributed by atoms with van der Waals surface area (Å²) in [6.07, 6.45) is 0.336. The number of morpholine rings is 1. The molecular formula is C11H19N3OS. The fraction of sp³-hybridized carbons (Fsp3) is 0.727. The van der Waals surface area contributed by atoms with Crippen LogP contribution >= 0.6 is 11.3 Å². The maximum Gasteiger partial charge on any atom is 0.0829 e. The van der Waals surface area contributed by atoms with Gasteiger partial charge in [-0.1, -0.05) is 0 Å². The van der Waals surface area contributed by atoms with Crippen molar-refractivity contribution in [3.63, 3.8) is 0 Å². The zero-order chi connectivity index (χ0) is 11.4. The van der Waals surface area contributed by atoms with Gasteiger partial charge in [-0.15, -0.1) is 11.3 Å². The quantitative estimate of drug-likeness (QED) is 0.783. The van der Waals surface area contributed by atoms with E-state index in [4.69, 9.17) is 4.74 Å². The lowest BCUT2D eigenvalue weighted by Gasteiger charge is -2.33. The molecule has 16 heavy (non-hydrogen) atoms. The van der Waals surface area contributed by atoms with Gasteiger partial charge in [0.25, 0.3) is 0 Å². The summed E-state index contributed by atoms with van der Waals surface area (Å²) in [5, 5.41) is 2.12. The van der Waals surface area contributed by atoms with Crippen LogP contribution in [0.1, 0.15) is 5.69 Å². The van der Waals surface area contributed by atoms with E-state index in [0.717, 1.165) is 32.8 Å². The number of hydrogen-bond acceptors (Lipinski definition) is 5. The molecule has 1 aliphatic heterocycles. The molecule has 0 aromatic carbocycles. The minimum atomic E-state index is 0.336. The second-order valence-corrected chi connectivity index (χ2v) is 5.19. The largest absolute Gasteiger partial charge is 0.374 e. The minimum absolute atomic E-state index is 0.336. The Balaban J connectivity index is 1.82. The highest BCUT2D eigenvalue weighted by Crippen LogP contribution is 2.11. The topological polar surface area (TPSA) is 28.6 Å². The van der Waals surface area contributed by atoms with E-state index >= 15 is 0 Å². The molecule has 0 bridgehead atoms. The van der Waals surface area contributed by atoms with Gasteiger partial charge >= 0.3 is 0 Å². The number of ether oxygens (including phenoxy) is 1. The average Bonchev–Trinajstić information content (AvgIpc) is 2.70. The van der Waals surface area contributed by atoms with E-state index in [1.165, 1.54) is 5.69 Å². The molecule has 0 spiro atoms. The number of hydrogen-bond donors (Lipinski definition) is 0. The van der Waals surface area contributed by atoms with Crippen LogP contribution in [0.25, 0.3) is 0 Å². The third-order valence-electron chi connectivity index (χ3n) is 2.66. The molecule has 1 aliphatic rings. The van der Waals surface area contributed by atoms with Crippen molar-refractivity contribution in [3.8, 4) is 0 Å². The van der Waals surface area contributed by atoms with Crippen molar-refractivity contribution in [1.82, 2.24) is 14.8 Å². The van der Waals surface area contributed by atoms with Gasteiger partial charge in [0.15, 0.2) is 0 Å². The summed E-state index contributed by atoms with van der Waals surface area (Å²) in [5.74, 6) is 0. The number of likely N-dealkylation sites (N-methyl/N-ethyl adjacent to an activating group) is 1. The Labute approximate surface area is 101 Å². The van der Waals surface area contributed by atoms with Crippen molar-refractivity contribution in [1.29, 1.82) is 0 Å². The Hall–Kier alpha value is -0.490. The highest BCUT2D eigenvalue weighted by molar-refractivity contribution is 7.07. The van der Waals surface area contributed by atoms with Gasteiger partial charge in [-0.3, -0.25) is 4.90 Å². The molecule has 1 aromatic heterocycles. The first-order valence-corrected chi connectivity index (χ1v) is 6.54. The first kappa shape index (κ1) is 12.0. The molecule has 2 rings (SSSR count). The van der Waals surface area contributed by atoms with E-state index in [0.29, 0.717) is 6.10 Å². The fourth-order valence-electron chi connectivity index (χ4n) is 1.99. The van der Waals surface area contributed by atoms with Gasteiger partial charge in [0.1, 0.15) is 0 Å². The van der Waals surface area contributed by atoms with Crippen LogP contribution in [0.3, 0.4) is 0 Å². The second kappa shape index (κ2) is 5.72. The lowest BCUT2D eigenvalue weighted by atomic mass is 10.2. The Morgan fingerprint density at radius 3 is 3.19 bits per heavy atom. The number of rotatable bonds is 4. The molecule has 0 N–H and O–H groups in total. The van der Waals surface area contributed by atoms with Gasteiger partial charge in [0.2, 0.25) is 0 Å². The summed E-state index contributed by atoms with van der Waals surface area (Å²) in [6, 6.07) is 0. The van der Waals surface area contributed by atoms with E-state index in [9.17, 15) is 0 Å². The van der Waals surface area contributed by atoms with Crippen LogP contribution in [0.15, 0.2) is 10.9 Å². The SMILES string of the molecule is CN(C)C[C@@H]1CN(Cc2cscn2)CCO1. The molecule has 1 saturated heterocycles. The van der Waals surface area contributed by atoms with E-state index in [1.807, 2.05) is 5.51 Å². The molecule has 1 fully saturated rings. The predicted molar refractivity (Wildman–Crippen MR) is 65.7 cm³/mol. The van der Waals surface area contributed by atoms with Crippen LogP contribution < -0.4 is 0 Å². The maximum absolute atomic E-state index is 5.74. The Morgan fingerprint density at radius 2 is 2.50 bits per heavy atom. The molecule has 0 amide bonds. The highest BCUT2D eigenvalue weighted by Gasteiger charge is 2.21. The Kier molecular flexibility index (Phi) is 4.29. The third kappa shape index (κ3) is 3.52. The second-order valence-electron chi connectivity index (χ2n) is 4.47. The molecule has 1 aromatic rings. The molecule has 0 unspecified atom stereocenters. The lowest BCUT2D eigenvalue weighted by Crippen LogP contribution is -2.45. The maximum atomic E-state index is 5.74. The summed E-state index contributed by atoms with van der Waals surface area (Å²) < 4.78 is 5.74. The summed E-state index contributed by atoms with van der Waals surface area (Å²) in [6.45, 7) is 4.81. The molecule has 2 heterocycles. The van der Waals surface area contributed by atoms with E-state index < -0.39 is 0 Å². The smallest absolute Gasteiger partial charge is 0.0829 e. The summed E-state index contributed by atoms with van der Waals surface area (Å²) >= 11 is 1.66.